The Balaban J connectivity index is 1.50. The number of benzene rings is 3. The average Bonchev–Trinajstić information content (AvgIpc) is 3.32. The van der Waals surface area contributed by atoms with Gasteiger partial charge >= 0.3 is 0 Å². The van der Waals surface area contributed by atoms with Crippen LogP contribution in [0.5, 0.6) is 11.5 Å². The van der Waals surface area contributed by atoms with Crippen molar-refractivity contribution in [2.45, 2.75) is 4.90 Å². The van der Waals surface area contributed by atoms with Gasteiger partial charge in [-0.15, -0.1) is 11.3 Å². The molecule has 1 amide bonds. The summed E-state index contributed by atoms with van der Waals surface area (Å²) in [5.74, 6) is 0.264. The van der Waals surface area contributed by atoms with E-state index in [9.17, 15) is 17.6 Å². The molecule has 4 rings (SSSR count). The van der Waals surface area contributed by atoms with Gasteiger partial charge in [-0.05, 0) is 72.1 Å². The van der Waals surface area contributed by atoms with Crippen LogP contribution in [0.2, 0.25) is 0 Å². The fourth-order valence-electron chi connectivity index (χ4n) is 3.02. The summed E-state index contributed by atoms with van der Waals surface area (Å²) >= 11 is 1.02. The molecule has 168 valence electrons. The molecular formula is C24H19FN2O4S2. The van der Waals surface area contributed by atoms with E-state index < -0.39 is 21.7 Å². The first-order valence-electron chi connectivity index (χ1n) is 9.81. The number of rotatable bonds is 7. The minimum Gasteiger partial charge on any atom is -0.457 e. The number of nitrogens with one attached hydrogen (secondary N) is 1. The molecular weight excluding hydrogens is 463 g/mol. The monoisotopic (exact) mass is 482 g/mol. The molecule has 0 atom stereocenters. The summed E-state index contributed by atoms with van der Waals surface area (Å²) in [5.41, 5.74) is 0.770. The van der Waals surface area contributed by atoms with E-state index in [2.05, 4.69) is 5.32 Å². The maximum absolute atomic E-state index is 13.2. The first kappa shape index (κ1) is 22.5. The zero-order chi connectivity index (χ0) is 23.4. The topological polar surface area (TPSA) is 75.7 Å². The molecule has 0 unspecified atom stereocenters. The number of halogens is 1. The van der Waals surface area contributed by atoms with E-state index in [0.29, 0.717) is 17.2 Å². The Morgan fingerprint density at radius 1 is 0.909 bits per heavy atom. The van der Waals surface area contributed by atoms with E-state index in [1.54, 1.807) is 24.3 Å². The maximum atomic E-state index is 13.2. The van der Waals surface area contributed by atoms with Gasteiger partial charge in [0.15, 0.2) is 0 Å². The van der Waals surface area contributed by atoms with Gasteiger partial charge < -0.3 is 10.1 Å². The lowest BCUT2D eigenvalue weighted by Crippen LogP contribution is -2.28. The van der Waals surface area contributed by atoms with E-state index >= 15 is 0 Å². The van der Waals surface area contributed by atoms with E-state index in [4.69, 9.17) is 4.74 Å². The van der Waals surface area contributed by atoms with Crippen LogP contribution in [0, 0.1) is 5.82 Å². The number of sulfonamides is 1. The molecule has 4 aromatic rings. The summed E-state index contributed by atoms with van der Waals surface area (Å²) in [6, 6.07) is 22.5. The normalized spacial score (nSPS) is 11.1. The molecule has 1 N–H and O–H groups in total. The predicted octanol–water partition coefficient (Wildman–Crippen LogP) is 5.76. The van der Waals surface area contributed by atoms with Gasteiger partial charge in [-0.1, -0.05) is 18.2 Å². The third-order valence-corrected chi connectivity index (χ3v) is 7.63. The Morgan fingerprint density at radius 2 is 1.55 bits per heavy atom. The Bertz CT molecular complexity index is 1350. The average molecular weight is 483 g/mol. The van der Waals surface area contributed by atoms with Gasteiger partial charge in [0.05, 0.1) is 5.69 Å². The lowest BCUT2D eigenvalue weighted by atomic mass is 10.3. The molecule has 6 nitrogen and oxygen atoms in total. The SMILES string of the molecule is CN(c1ccc(F)cc1)S(=O)(=O)c1ccsc1C(=O)Nc1ccc(Oc2ccccc2)cc1. The van der Waals surface area contributed by atoms with Crippen molar-refractivity contribution in [3.05, 3.63) is 101 Å². The molecule has 0 spiro atoms. The molecule has 0 radical (unpaired) electrons. The van der Waals surface area contributed by atoms with Crippen molar-refractivity contribution in [1.29, 1.82) is 0 Å². The van der Waals surface area contributed by atoms with Crippen molar-refractivity contribution in [2.24, 2.45) is 0 Å². The second kappa shape index (κ2) is 9.43. The molecule has 9 heteroatoms. The van der Waals surface area contributed by atoms with Gasteiger partial charge in [0.2, 0.25) is 0 Å². The fraction of sp³-hybridized carbons (Fsp3) is 0.0417. The Kier molecular flexibility index (Phi) is 6.43. The molecule has 1 heterocycles. The smallest absolute Gasteiger partial charge is 0.267 e. The Labute approximate surface area is 194 Å². The van der Waals surface area contributed by atoms with E-state index in [-0.39, 0.29) is 15.5 Å². The van der Waals surface area contributed by atoms with Crippen LogP contribution in [0.4, 0.5) is 15.8 Å². The molecule has 0 saturated heterocycles. The molecule has 0 bridgehead atoms. The van der Waals surface area contributed by atoms with Crippen LogP contribution in [0.3, 0.4) is 0 Å². The summed E-state index contributed by atoms with van der Waals surface area (Å²) in [6.45, 7) is 0. The zero-order valence-corrected chi connectivity index (χ0v) is 19.1. The molecule has 0 aliphatic carbocycles. The van der Waals surface area contributed by atoms with Crippen LogP contribution < -0.4 is 14.4 Å². The van der Waals surface area contributed by atoms with Crippen LogP contribution in [0.1, 0.15) is 9.67 Å². The summed E-state index contributed by atoms with van der Waals surface area (Å²) in [6.07, 6.45) is 0. The minimum absolute atomic E-state index is 0.0496. The van der Waals surface area contributed by atoms with Gasteiger partial charge in [0, 0.05) is 12.7 Å². The van der Waals surface area contributed by atoms with Crippen LogP contribution in [0.25, 0.3) is 0 Å². The highest BCUT2D eigenvalue weighted by Crippen LogP contribution is 2.29. The van der Waals surface area contributed by atoms with Gasteiger partial charge in [-0.3, -0.25) is 9.10 Å². The molecule has 1 aromatic heterocycles. The van der Waals surface area contributed by atoms with Crippen molar-refractivity contribution < 1.29 is 22.3 Å². The number of amides is 1. The lowest BCUT2D eigenvalue weighted by molar-refractivity contribution is 0.102. The molecule has 0 saturated carbocycles. The number of nitrogens with zero attached hydrogens (tertiary/aromatic N) is 1. The standard InChI is InChI=1S/C24H19FN2O4S2/c1-27(19-11-7-17(25)8-12-19)33(29,30)22-15-16-32-23(22)24(28)26-18-9-13-21(14-10-18)31-20-5-3-2-4-6-20/h2-16H,1H3,(H,26,28). The summed E-state index contributed by atoms with van der Waals surface area (Å²) in [5, 5.41) is 4.26. The van der Waals surface area contributed by atoms with Gasteiger partial charge in [0.1, 0.15) is 27.1 Å². The fourth-order valence-corrected chi connectivity index (χ4v) is 5.51. The number of para-hydroxylation sites is 1. The van der Waals surface area contributed by atoms with Crippen molar-refractivity contribution >= 4 is 38.6 Å². The molecule has 0 fully saturated rings. The maximum Gasteiger partial charge on any atom is 0.267 e. The van der Waals surface area contributed by atoms with Gasteiger partial charge in [0.25, 0.3) is 15.9 Å². The summed E-state index contributed by atoms with van der Waals surface area (Å²) in [4.78, 5) is 12.8. The highest BCUT2D eigenvalue weighted by Gasteiger charge is 2.28. The largest absolute Gasteiger partial charge is 0.457 e. The van der Waals surface area contributed by atoms with Crippen molar-refractivity contribution in [2.75, 3.05) is 16.7 Å². The molecule has 3 aromatic carbocycles. The molecule has 0 aliphatic rings. The summed E-state index contributed by atoms with van der Waals surface area (Å²) in [7, 11) is -2.68. The summed E-state index contributed by atoms with van der Waals surface area (Å²) < 4.78 is 46.2. The van der Waals surface area contributed by atoms with Crippen LogP contribution >= 0.6 is 11.3 Å². The number of carbonyl (C=O) groups is 1. The zero-order valence-electron chi connectivity index (χ0n) is 17.4. The third-order valence-electron chi connectivity index (χ3n) is 4.76. The predicted molar refractivity (Wildman–Crippen MR) is 127 cm³/mol. The van der Waals surface area contributed by atoms with Gasteiger partial charge in [-0.25, -0.2) is 12.8 Å². The lowest BCUT2D eigenvalue weighted by Gasteiger charge is -2.19. The minimum atomic E-state index is -4.03. The van der Waals surface area contributed by atoms with E-state index in [1.165, 1.54) is 42.8 Å². The van der Waals surface area contributed by atoms with E-state index in [1.807, 2.05) is 30.3 Å². The quantitative estimate of drug-likeness (QED) is 0.364. The first-order valence-corrected chi connectivity index (χ1v) is 12.1. The highest BCUT2D eigenvalue weighted by molar-refractivity contribution is 7.93. The second-order valence-electron chi connectivity index (χ2n) is 6.96. The first-order chi connectivity index (χ1) is 15.8. The molecule has 33 heavy (non-hydrogen) atoms. The molecule has 0 aliphatic heterocycles. The van der Waals surface area contributed by atoms with Crippen molar-refractivity contribution in [1.82, 2.24) is 0 Å². The second-order valence-corrected chi connectivity index (χ2v) is 9.81. The number of carbonyl (C=O) groups excluding carboxylic acids is 1. The van der Waals surface area contributed by atoms with Crippen LogP contribution in [-0.2, 0) is 10.0 Å². The van der Waals surface area contributed by atoms with Crippen molar-refractivity contribution in [3.8, 4) is 11.5 Å². The number of hydrogen-bond acceptors (Lipinski definition) is 5. The highest BCUT2D eigenvalue weighted by atomic mass is 32.2. The number of hydrogen-bond donors (Lipinski definition) is 1. The van der Waals surface area contributed by atoms with Gasteiger partial charge in [-0.2, -0.15) is 0 Å². The Hall–Kier alpha value is -3.69. The van der Waals surface area contributed by atoms with Crippen LogP contribution in [0.15, 0.2) is 95.2 Å². The van der Waals surface area contributed by atoms with Crippen LogP contribution in [-0.4, -0.2) is 21.4 Å². The Morgan fingerprint density at radius 3 is 2.21 bits per heavy atom. The number of ether oxygens (including phenoxy) is 1. The van der Waals surface area contributed by atoms with Crippen molar-refractivity contribution in [3.63, 3.8) is 0 Å². The van der Waals surface area contributed by atoms with E-state index in [0.717, 1.165) is 15.6 Å². The number of anilines is 2. The number of thiophene rings is 1. The third kappa shape index (κ3) is 5.05.